The van der Waals surface area contributed by atoms with Crippen LogP contribution in [-0.4, -0.2) is 27.6 Å². The molecule has 0 bridgehead atoms. The van der Waals surface area contributed by atoms with Crippen molar-refractivity contribution in [2.24, 2.45) is 0 Å². The molecule has 3 rings (SSSR count). The maximum Gasteiger partial charge on any atom is 0.266 e. The first-order chi connectivity index (χ1) is 14.6. The highest BCUT2D eigenvalue weighted by Gasteiger charge is 2.32. The molecule has 7 heteroatoms. The van der Waals surface area contributed by atoms with E-state index >= 15 is 0 Å². The summed E-state index contributed by atoms with van der Waals surface area (Å²) in [6.07, 6.45) is 2.06. The van der Waals surface area contributed by atoms with Crippen LogP contribution >= 0.6 is 39.9 Å². The van der Waals surface area contributed by atoms with E-state index in [9.17, 15) is 9.59 Å². The van der Waals surface area contributed by atoms with Crippen LogP contribution in [0.4, 0.5) is 0 Å². The number of halogens is 1. The molecule has 1 heterocycles. The first-order valence-corrected chi connectivity index (χ1v) is 12.0. The summed E-state index contributed by atoms with van der Waals surface area (Å²) >= 11 is 10.1. The Balaban J connectivity index is 1.56. The fourth-order valence-corrected chi connectivity index (χ4v) is 4.83. The van der Waals surface area contributed by atoms with E-state index < -0.39 is 0 Å². The van der Waals surface area contributed by atoms with E-state index in [-0.39, 0.29) is 30.2 Å². The van der Waals surface area contributed by atoms with Crippen molar-refractivity contribution in [3.8, 4) is 0 Å². The van der Waals surface area contributed by atoms with Gasteiger partial charge >= 0.3 is 0 Å². The Labute approximate surface area is 201 Å². The highest BCUT2D eigenvalue weighted by molar-refractivity contribution is 9.10. The van der Waals surface area contributed by atoms with Crippen LogP contribution < -0.4 is 5.32 Å². The Kier molecular flexibility index (Phi) is 7.73. The number of thioether (sulfide) groups is 1. The van der Waals surface area contributed by atoms with Crippen molar-refractivity contribution in [3.63, 3.8) is 0 Å². The van der Waals surface area contributed by atoms with E-state index in [0.29, 0.717) is 15.8 Å². The van der Waals surface area contributed by atoms with Crippen molar-refractivity contribution in [1.29, 1.82) is 0 Å². The smallest absolute Gasteiger partial charge is 0.266 e. The van der Waals surface area contributed by atoms with Crippen molar-refractivity contribution in [2.45, 2.75) is 39.2 Å². The highest BCUT2D eigenvalue weighted by atomic mass is 79.9. The van der Waals surface area contributed by atoms with Crippen molar-refractivity contribution in [1.82, 2.24) is 10.2 Å². The summed E-state index contributed by atoms with van der Waals surface area (Å²) in [5.74, 6) is -0.259. The number of thiocarbonyl (C=S) groups is 1. The zero-order valence-electron chi connectivity index (χ0n) is 17.8. The van der Waals surface area contributed by atoms with Gasteiger partial charge in [-0.05, 0) is 40.3 Å². The third-order valence-corrected chi connectivity index (χ3v) is 6.76. The number of rotatable bonds is 6. The molecule has 0 saturated carbocycles. The topological polar surface area (TPSA) is 49.4 Å². The zero-order valence-corrected chi connectivity index (χ0v) is 21.0. The molecule has 0 unspecified atom stereocenters. The van der Waals surface area contributed by atoms with Crippen LogP contribution in [0.15, 0.2) is 57.9 Å². The Morgan fingerprint density at radius 2 is 1.90 bits per heavy atom. The average molecular weight is 518 g/mol. The lowest BCUT2D eigenvalue weighted by Gasteiger charge is -2.18. The second-order valence-electron chi connectivity index (χ2n) is 8.36. The fourth-order valence-electron chi connectivity index (χ4n) is 3.07. The summed E-state index contributed by atoms with van der Waals surface area (Å²) in [6.45, 7) is 7.22. The number of hydrogen-bond acceptors (Lipinski definition) is 4. The Hall–Kier alpha value is -1.96. The Bertz CT molecular complexity index is 1030. The van der Waals surface area contributed by atoms with Gasteiger partial charge in [0.1, 0.15) is 4.32 Å². The second-order valence-corrected chi connectivity index (χ2v) is 11.0. The molecule has 1 saturated heterocycles. The molecule has 1 aliphatic heterocycles. The van der Waals surface area contributed by atoms with Gasteiger partial charge < -0.3 is 5.32 Å². The maximum atomic E-state index is 12.8. The van der Waals surface area contributed by atoms with Crippen LogP contribution in [0.3, 0.4) is 0 Å². The summed E-state index contributed by atoms with van der Waals surface area (Å²) in [7, 11) is 0. The molecule has 1 aliphatic rings. The largest absolute Gasteiger partial charge is 0.352 e. The van der Waals surface area contributed by atoms with Crippen molar-refractivity contribution in [2.75, 3.05) is 6.54 Å². The monoisotopic (exact) mass is 516 g/mol. The number of nitrogens with zero attached hydrogens (tertiary/aromatic N) is 1. The van der Waals surface area contributed by atoms with E-state index in [1.807, 2.05) is 42.5 Å². The van der Waals surface area contributed by atoms with Crippen molar-refractivity contribution in [3.05, 3.63) is 74.6 Å². The molecule has 2 aromatic rings. The Morgan fingerprint density at radius 1 is 1.19 bits per heavy atom. The van der Waals surface area contributed by atoms with Crippen LogP contribution in [0, 0.1) is 0 Å². The molecule has 0 spiro atoms. The van der Waals surface area contributed by atoms with Crippen LogP contribution in [0.1, 0.15) is 43.9 Å². The fraction of sp³-hybridized carbons (Fsp3) is 0.292. The minimum atomic E-state index is -0.144. The minimum Gasteiger partial charge on any atom is -0.352 e. The summed E-state index contributed by atoms with van der Waals surface area (Å²) in [4.78, 5) is 27.1. The lowest BCUT2D eigenvalue weighted by atomic mass is 9.87. The van der Waals surface area contributed by atoms with Crippen LogP contribution in [0.5, 0.6) is 0 Å². The predicted octanol–water partition coefficient (Wildman–Crippen LogP) is 5.65. The quantitative estimate of drug-likeness (QED) is 0.397. The van der Waals surface area contributed by atoms with Gasteiger partial charge in [0.05, 0.1) is 4.91 Å². The molecule has 0 aliphatic carbocycles. The predicted molar refractivity (Wildman–Crippen MR) is 136 cm³/mol. The molecule has 2 aromatic carbocycles. The number of hydrogen-bond donors (Lipinski definition) is 1. The first-order valence-electron chi connectivity index (χ1n) is 10.0. The first kappa shape index (κ1) is 23.7. The van der Waals surface area contributed by atoms with E-state index in [1.54, 1.807) is 0 Å². The molecule has 0 radical (unpaired) electrons. The summed E-state index contributed by atoms with van der Waals surface area (Å²) in [6, 6.07) is 16.0. The number of benzene rings is 2. The van der Waals surface area contributed by atoms with E-state index in [2.05, 4.69) is 54.2 Å². The van der Waals surface area contributed by atoms with Gasteiger partial charge in [0.2, 0.25) is 5.91 Å². The maximum absolute atomic E-state index is 12.8. The molecule has 1 fully saturated rings. The molecule has 4 nitrogen and oxygen atoms in total. The van der Waals surface area contributed by atoms with Gasteiger partial charge in [0.15, 0.2) is 0 Å². The molecule has 2 amide bonds. The van der Waals surface area contributed by atoms with Crippen molar-refractivity contribution < 1.29 is 9.59 Å². The van der Waals surface area contributed by atoms with Gasteiger partial charge in [-0.3, -0.25) is 14.5 Å². The van der Waals surface area contributed by atoms with Crippen LogP contribution in [-0.2, 0) is 21.5 Å². The van der Waals surface area contributed by atoms with Gasteiger partial charge in [-0.2, -0.15) is 0 Å². The summed E-state index contributed by atoms with van der Waals surface area (Å²) < 4.78 is 1.46. The second kappa shape index (κ2) is 10.1. The van der Waals surface area contributed by atoms with E-state index in [0.717, 1.165) is 15.6 Å². The molecule has 31 heavy (non-hydrogen) atoms. The standard InChI is InChI=1S/C24H25BrN2O2S2/c1-24(2,3)18-9-7-16(8-10-18)14-20-22(29)27(23(30)31-20)12-11-21(28)26-15-17-5-4-6-19(25)13-17/h4-10,13-14H,11-12,15H2,1-3H3,(H,26,28)/b20-14+. The minimum absolute atomic E-state index is 0.0829. The molecular formula is C24H25BrN2O2S2. The lowest BCUT2D eigenvalue weighted by molar-refractivity contribution is -0.123. The number of carbonyl (C=O) groups is 2. The summed E-state index contributed by atoms with van der Waals surface area (Å²) in [5, 5.41) is 2.89. The van der Waals surface area contributed by atoms with Crippen LogP contribution in [0.2, 0.25) is 0 Å². The normalized spacial score (nSPS) is 15.6. The average Bonchev–Trinajstić information content (AvgIpc) is 2.97. The molecular weight excluding hydrogens is 492 g/mol. The molecule has 162 valence electrons. The third kappa shape index (κ3) is 6.51. The SMILES string of the molecule is CC(C)(C)c1ccc(/C=C2/SC(=S)N(CCC(=O)NCc3cccc(Br)c3)C2=O)cc1. The number of nitrogens with one attached hydrogen (secondary N) is 1. The molecule has 1 N–H and O–H groups in total. The van der Waals surface area contributed by atoms with E-state index in [1.165, 1.54) is 22.2 Å². The Morgan fingerprint density at radius 3 is 2.55 bits per heavy atom. The number of amides is 2. The zero-order chi connectivity index (χ0) is 22.6. The van der Waals surface area contributed by atoms with E-state index in [4.69, 9.17) is 12.2 Å². The van der Waals surface area contributed by atoms with Crippen LogP contribution in [0.25, 0.3) is 6.08 Å². The molecule has 0 aromatic heterocycles. The highest BCUT2D eigenvalue weighted by Crippen LogP contribution is 2.33. The van der Waals surface area contributed by atoms with Gasteiger partial charge in [-0.25, -0.2) is 0 Å². The van der Waals surface area contributed by atoms with Gasteiger partial charge in [-0.15, -0.1) is 0 Å². The summed E-state index contributed by atoms with van der Waals surface area (Å²) in [5.41, 5.74) is 3.29. The molecule has 0 atom stereocenters. The number of carbonyl (C=O) groups excluding carboxylic acids is 2. The van der Waals surface area contributed by atoms with Crippen molar-refractivity contribution >= 4 is 62.1 Å². The van der Waals surface area contributed by atoms with Gasteiger partial charge in [-0.1, -0.05) is 97.1 Å². The van der Waals surface area contributed by atoms with Gasteiger partial charge in [0.25, 0.3) is 5.91 Å². The third-order valence-electron chi connectivity index (χ3n) is 4.89. The van der Waals surface area contributed by atoms with Gasteiger partial charge in [0, 0.05) is 24.0 Å². The lowest BCUT2D eigenvalue weighted by Crippen LogP contribution is -2.33.